The number of rotatable bonds is 4. The molecule has 2 heteroatoms. The van der Waals surface area contributed by atoms with E-state index in [1.165, 1.54) is 35.2 Å². The van der Waals surface area contributed by atoms with Crippen LogP contribution >= 0.6 is 0 Å². The fourth-order valence-corrected chi connectivity index (χ4v) is 5.80. The zero-order chi connectivity index (χ0) is 19.9. The van der Waals surface area contributed by atoms with Gasteiger partial charge in [0, 0.05) is 29.7 Å². The van der Waals surface area contributed by atoms with Gasteiger partial charge in [-0.2, -0.15) is 0 Å². The van der Waals surface area contributed by atoms with Crippen LogP contribution in [0.25, 0.3) is 0 Å². The molecule has 0 saturated carbocycles. The van der Waals surface area contributed by atoms with E-state index in [2.05, 4.69) is 70.2 Å². The Labute approximate surface area is 170 Å². The maximum Gasteiger partial charge on any atom is 0.115 e. The normalized spacial score (nSPS) is 31.1. The Hall–Kier alpha value is -2.06. The van der Waals surface area contributed by atoms with Gasteiger partial charge in [-0.15, -0.1) is 0 Å². The van der Waals surface area contributed by atoms with E-state index in [-0.39, 0.29) is 5.41 Å². The SMILES string of the molecule is CC(C)=CC[N+]1(Cc2ccccc2)CC[C@@]2(C)c3cc(O)ccc3CC1[C@@H]2C. The highest BCUT2D eigenvalue weighted by atomic mass is 16.3. The van der Waals surface area contributed by atoms with Crippen LogP contribution in [0.5, 0.6) is 5.75 Å². The first-order chi connectivity index (χ1) is 13.3. The van der Waals surface area contributed by atoms with Crippen LogP contribution in [-0.4, -0.2) is 28.7 Å². The van der Waals surface area contributed by atoms with Gasteiger partial charge in [0.15, 0.2) is 0 Å². The van der Waals surface area contributed by atoms with E-state index in [0.717, 1.165) is 24.0 Å². The van der Waals surface area contributed by atoms with Gasteiger partial charge in [0.25, 0.3) is 0 Å². The predicted molar refractivity (Wildman–Crippen MR) is 116 cm³/mol. The van der Waals surface area contributed by atoms with Crippen LogP contribution in [0.4, 0.5) is 0 Å². The molecule has 2 aliphatic rings. The number of quaternary nitrogens is 1. The number of phenolic OH excluding ortho intramolecular Hbond substituents is 1. The van der Waals surface area contributed by atoms with Gasteiger partial charge in [-0.3, -0.25) is 0 Å². The van der Waals surface area contributed by atoms with E-state index < -0.39 is 0 Å². The fourth-order valence-electron chi connectivity index (χ4n) is 5.80. The van der Waals surface area contributed by atoms with Crippen molar-refractivity contribution in [1.29, 1.82) is 0 Å². The molecule has 1 fully saturated rings. The van der Waals surface area contributed by atoms with Gasteiger partial charge in [-0.1, -0.05) is 55.8 Å². The third-order valence-electron chi connectivity index (χ3n) is 7.70. The first-order valence-electron chi connectivity index (χ1n) is 10.7. The molecule has 148 valence electrons. The van der Waals surface area contributed by atoms with Gasteiger partial charge in [0.1, 0.15) is 12.3 Å². The Morgan fingerprint density at radius 2 is 1.93 bits per heavy atom. The smallest absolute Gasteiger partial charge is 0.115 e. The molecule has 2 aromatic rings. The van der Waals surface area contributed by atoms with Crippen molar-refractivity contribution in [2.75, 3.05) is 13.1 Å². The lowest BCUT2D eigenvalue weighted by molar-refractivity contribution is -0.969. The summed E-state index contributed by atoms with van der Waals surface area (Å²) >= 11 is 0. The molecule has 0 aromatic heterocycles. The number of piperidine rings is 1. The number of fused-ring (bicyclic) bond motifs is 4. The molecule has 0 spiro atoms. The monoisotopic (exact) mass is 376 g/mol. The molecule has 2 unspecified atom stereocenters. The van der Waals surface area contributed by atoms with Crippen LogP contribution < -0.4 is 0 Å². The highest BCUT2D eigenvalue weighted by Crippen LogP contribution is 2.52. The van der Waals surface area contributed by atoms with Crippen LogP contribution in [0.15, 0.2) is 60.2 Å². The van der Waals surface area contributed by atoms with Crippen molar-refractivity contribution in [1.82, 2.24) is 0 Å². The van der Waals surface area contributed by atoms with Crippen molar-refractivity contribution >= 4 is 0 Å². The average Bonchev–Trinajstić information content (AvgIpc) is 2.67. The van der Waals surface area contributed by atoms with E-state index in [1.54, 1.807) is 0 Å². The summed E-state index contributed by atoms with van der Waals surface area (Å²) < 4.78 is 1.15. The summed E-state index contributed by atoms with van der Waals surface area (Å²) in [4.78, 5) is 0. The zero-order valence-electron chi connectivity index (χ0n) is 17.8. The van der Waals surface area contributed by atoms with Crippen LogP contribution in [0.3, 0.4) is 0 Å². The van der Waals surface area contributed by atoms with Crippen LogP contribution in [0.1, 0.15) is 50.8 Å². The standard InChI is InChI=1S/C26H33NO/c1-19(2)12-14-27(18-21-8-6-5-7-9-21)15-13-26(4)20(3)25(27)16-22-10-11-23(28)17-24(22)26/h5-12,17,20,25H,13-16,18H2,1-4H3/p+1/t20-,25?,26+,27?/m0/s1. The second kappa shape index (κ2) is 7.08. The molecule has 0 radical (unpaired) electrons. The molecular formula is C26H34NO+. The molecule has 4 rings (SSSR count). The number of phenols is 1. The van der Waals surface area contributed by atoms with Gasteiger partial charge in [0.05, 0.1) is 19.1 Å². The molecular weight excluding hydrogens is 342 g/mol. The van der Waals surface area contributed by atoms with Crippen LogP contribution in [0, 0.1) is 5.92 Å². The number of hydrogen-bond acceptors (Lipinski definition) is 1. The Morgan fingerprint density at radius 1 is 1.18 bits per heavy atom. The maximum atomic E-state index is 10.1. The second-order valence-corrected chi connectivity index (χ2v) is 9.62. The lowest BCUT2D eigenvalue weighted by Crippen LogP contribution is -2.67. The van der Waals surface area contributed by atoms with E-state index in [1.807, 2.05) is 12.1 Å². The molecule has 0 amide bonds. The molecule has 1 saturated heterocycles. The molecule has 28 heavy (non-hydrogen) atoms. The van der Waals surface area contributed by atoms with Crippen molar-refractivity contribution in [2.45, 2.75) is 58.5 Å². The lowest BCUT2D eigenvalue weighted by atomic mass is 9.58. The first-order valence-corrected chi connectivity index (χ1v) is 10.7. The number of aromatic hydroxyl groups is 1. The van der Waals surface area contributed by atoms with E-state index in [4.69, 9.17) is 0 Å². The number of benzene rings is 2. The molecule has 1 heterocycles. The Balaban J connectivity index is 1.78. The summed E-state index contributed by atoms with van der Waals surface area (Å²) in [6.07, 6.45) is 4.73. The van der Waals surface area contributed by atoms with Gasteiger partial charge >= 0.3 is 0 Å². The third kappa shape index (κ3) is 3.18. The molecule has 2 bridgehead atoms. The summed E-state index contributed by atoms with van der Waals surface area (Å²) in [6, 6.07) is 17.7. The first kappa shape index (κ1) is 19.3. The number of hydrogen-bond donors (Lipinski definition) is 1. The highest BCUT2D eigenvalue weighted by Gasteiger charge is 2.55. The van der Waals surface area contributed by atoms with Crippen molar-refractivity contribution < 1.29 is 9.59 Å². The number of allylic oxidation sites excluding steroid dienone is 1. The van der Waals surface area contributed by atoms with Gasteiger partial charge < -0.3 is 9.59 Å². The Kier molecular flexibility index (Phi) is 4.87. The minimum absolute atomic E-state index is 0.153. The van der Waals surface area contributed by atoms with Crippen molar-refractivity contribution in [3.05, 3.63) is 76.9 Å². The molecule has 1 N–H and O–H groups in total. The Bertz CT molecular complexity index is 883. The summed E-state index contributed by atoms with van der Waals surface area (Å²) in [5, 5.41) is 10.1. The molecule has 1 aliphatic carbocycles. The number of nitrogens with zero attached hydrogens (tertiary/aromatic N) is 1. The van der Waals surface area contributed by atoms with Crippen molar-refractivity contribution in [3.8, 4) is 5.75 Å². The van der Waals surface area contributed by atoms with Gasteiger partial charge in [-0.05, 0) is 43.2 Å². The molecule has 1 aliphatic heterocycles. The zero-order valence-corrected chi connectivity index (χ0v) is 17.8. The Morgan fingerprint density at radius 3 is 2.64 bits per heavy atom. The number of likely N-dealkylation sites (tertiary alicyclic amines) is 1. The largest absolute Gasteiger partial charge is 0.508 e. The average molecular weight is 377 g/mol. The van der Waals surface area contributed by atoms with Crippen LogP contribution in [-0.2, 0) is 18.4 Å². The third-order valence-corrected chi connectivity index (χ3v) is 7.70. The molecule has 2 aromatic carbocycles. The molecule has 4 atom stereocenters. The highest BCUT2D eigenvalue weighted by molar-refractivity contribution is 5.43. The maximum absolute atomic E-state index is 10.1. The van der Waals surface area contributed by atoms with E-state index >= 15 is 0 Å². The molecule has 2 nitrogen and oxygen atoms in total. The fraction of sp³-hybridized carbons (Fsp3) is 0.462. The summed E-state index contributed by atoms with van der Waals surface area (Å²) in [7, 11) is 0. The minimum atomic E-state index is 0.153. The van der Waals surface area contributed by atoms with E-state index in [0.29, 0.717) is 17.7 Å². The summed E-state index contributed by atoms with van der Waals surface area (Å²) in [6.45, 7) is 12.7. The summed E-state index contributed by atoms with van der Waals surface area (Å²) in [5.41, 5.74) is 5.83. The van der Waals surface area contributed by atoms with Crippen molar-refractivity contribution in [3.63, 3.8) is 0 Å². The predicted octanol–water partition coefficient (Wildman–Crippen LogP) is 5.60. The van der Waals surface area contributed by atoms with Crippen molar-refractivity contribution in [2.24, 2.45) is 5.92 Å². The van der Waals surface area contributed by atoms with Crippen LogP contribution in [0.2, 0.25) is 0 Å². The second-order valence-electron chi connectivity index (χ2n) is 9.62. The lowest BCUT2D eigenvalue weighted by Gasteiger charge is -2.59. The van der Waals surface area contributed by atoms with Gasteiger partial charge in [-0.25, -0.2) is 0 Å². The minimum Gasteiger partial charge on any atom is -0.508 e. The summed E-state index contributed by atoms with van der Waals surface area (Å²) in [5.74, 6) is 0.996. The topological polar surface area (TPSA) is 20.2 Å². The quantitative estimate of drug-likeness (QED) is 0.544. The van der Waals surface area contributed by atoms with E-state index in [9.17, 15) is 5.11 Å². The van der Waals surface area contributed by atoms with Gasteiger partial charge in [0.2, 0.25) is 0 Å².